The molecule has 0 bridgehead atoms. The van der Waals surface area contributed by atoms with Crippen molar-refractivity contribution in [3.05, 3.63) is 69.7 Å². The van der Waals surface area contributed by atoms with E-state index in [-0.39, 0.29) is 11.1 Å². The Balaban J connectivity index is 0.000000593. The molecule has 202 valence electrons. The molecular weight excluding hydrogens is 650 g/mol. The Bertz CT molecular complexity index is 888. The summed E-state index contributed by atoms with van der Waals surface area (Å²) in [4.78, 5) is 22.5. The number of hydrogen-bond acceptors (Lipinski definition) is 3. The van der Waals surface area contributed by atoms with Crippen molar-refractivity contribution in [2.24, 2.45) is 0 Å². The summed E-state index contributed by atoms with van der Waals surface area (Å²) < 4.78 is 71.8. The summed E-state index contributed by atoms with van der Waals surface area (Å²) in [5, 5.41) is 12.3. The predicted octanol–water partition coefficient (Wildman–Crippen LogP) is 8.08. The summed E-state index contributed by atoms with van der Waals surface area (Å²) in [7, 11) is 0. The lowest BCUT2D eigenvalue weighted by atomic mass is 10.2. The van der Waals surface area contributed by atoms with E-state index >= 15 is 0 Å². The number of rotatable bonds is 4. The number of alkyl halides is 7. The van der Waals surface area contributed by atoms with Crippen molar-refractivity contribution in [1.29, 1.82) is 0 Å². The van der Waals surface area contributed by atoms with Gasteiger partial charge in [-0.1, -0.05) is 68.5 Å². The summed E-state index contributed by atoms with van der Waals surface area (Å²) in [5.74, 6) is -3.14. The molecule has 0 radical (unpaired) electrons. The van der Waals surface area contributed by atoms with Gasteiger partial charge in [0.1, 0.15) is 0 Å². The number of amides is 2. The van der Waals surface area contributed by atoms with Crippen LogP contribution in [0.3, 0.4) is 0 Å². The molecule has 0 heterocycles. The number of nitrogens with one attached hydrogen (secondary N) is 2. The Morgan fingerprint density at radius 2 is 1.03 bits per heavy atom. The van der Waals surface area contributed by atoms with Gasteiger partial charge in [-0.25, -0.2) is 0 Å². The first kappa shape index (κ1) is 35.1. The smallest absolute Gasteiger partial charge is 0.366 e. The molecule has 0 aliphatic rings. The van der Waals surface area contributed by atoms with Crippen LogP contribution in [0.25, 0.3) is 0 Å². The van der Waals surface area contributed by atoms with Crippen molar-refractivity contribution in [2.45, 2.75) is 24.1 Å². The lowest BCUT2D eigenvalue weighted by molar-refractivity contribution is -0.209. The highest BCUT2D eigenvalue weighted by Gasteiger charge is 2.40. The van der Waals surface area contributed by atoms with Gasteiger partial charge in [0.25, 0.3) is 11.8 Å². The van der Waals surface area contributed by atoms with E-state index in [1.54, 1.807) is 5.32 Å². The average molecular weight is 663 g/mol. The molecule has 0 saturated carbocycles. The monoisotopic (exact) mass is 660 g/mol. The van der Waals surface area contributed by atoms with E-state index in [1.807, 2.05) is 0 Å². The molecule has 0 spiro atoms. The van der Waals surface area contributed by atoms with Gasteiger partial charge in [0.2, 0.25) is 11.7 Å². The summed E-state index contributed by atoms with van der Waals surface area (Å²) in [5.41, 5.74) is -2.37. The number of benzene rings is 2. The second-order valence-corrected chi connectivity index (χ2v) is 12.3. The second kappa shape index (κ2) is 16.1. The van der Waals surface area contributed by atoms with Crippen LogP contribution in [0, 0.1) is 0 Å². The molecule has 0 fully saturated rings. The van der Waals surface area contributed by atoms with Gasteiger partial charge in [0, 0.05) is 21.2 Å². The minimum Gasteiger partial charge on any atom is -0.366 e. The highest BCUT2D eigenvalue weighted by atomic mass is 36.0. The molecule has 2 atom stereocenters. The van der Waals surface area contributed by atoms with Crippen molar-refractivity contribution >= 4 is 86.3 Å². The quantitative estimate of drug-likeness (QED) is 0.102. The highest BCUT2D eigenvalue weighted by molar-refractivity contribution is 8.20. The molecule has 0 aromatic heterocycles. The summed E-state index contributed by atoms with van der Waals surface area (Å²) in [6.45, 7) is 0. The third kappa shape index (κ3) is 15.4. The lowest BCUT2D eigenvalue weighted by Crippen LogP contribution is -2.45. The highest BCUT2D eigenvalue weighted by Crippen LogP contribution is 2.51. The van der Waals surface area contributed by atoms with E-state index in [9.17, 15) is 35.9 Å². The van der Waals surface area contributed by atoms with Gasteiger partial charge >= 0.3 is 12.4 Å². The standard InChI is InChI=1S/C9H6Cl2F3NO.C9H7ClF3NO2.Cl3P/c10-6-3-1-5(2-4-6)7(16)15-8(11)9(12,13)14;10-6-3-1-5(2-4-6)7(15)14-8(16)9(11,12)13;1-4(2)3/h1-4,8H,(H,15,16);1-4,8,16H,(H,14,15);. The lowest BCUT2D eigenvalue weighted by Gasteiger charge is -2.15. The molecule has 2 amide bonds. The third-order valence-electron chi connectivity index (χ3n) is 3.34. The first-order chi connectivity index (χ1) is 16.3. The number of hydrogen-bond donors (Lipinski definition) is 3. The summed E-state index contributed by atoms with van der Waals surface area (Å²) in [6.07, 6.45) is -12.4. The topological polar surface area (TPSA) is 78.4 Å². The number of halogens is 12. The molecule has 2 rings (SSSR count). The van der Waals surface area contributed by atoms with E-state index < -0.39 is 41.9 Å². The molecule has 5 nitrogen and oxygen atoms in total. The van der Waals surface area contributed by atoms with Crippen LogP contribution in [0.4, 0.5) is 26.3 Å². The minimum atomic E-state index is -4.89. The Hall–Kier alpha value is -0.910. The van der Waals surface area contributed by atoms with Crippen LogP contribution in [0.5, 0.6) is 0 Å². The molecule has 0 saturated heterocycles. The molecule has 2 unspecified atom stereocenters. The number of aliphatic hydroxyl groups is 1. The van der Waals surface area contributed by atoms with E-state index in [0.717, 1.165) is 0 Å². The van der Waals surface area contributed by atoms with Crippen molar-refractivity contribution in [3.8, 4) is 0 Å². The molecule has 18 heteroatoms. The molecule has 2 aromatic carbocycles. The SMILES string of the molecule is ClP(Cl)Cl.O=C(NC(Cl)C(F)(F)F)c1ccc(Cl)cc1.O=C(NC(O)C(F)(F)F)c1ccc(Cl)cc1. The number of aliphatic hydroxyl groups excluding tert-OH is 1. The van der Waals surface area contributed by atoms with Crippen LogP contribution in [-0.4, -0.2) is 41.0 Å². The van der Waals surface area contributed by atoms with E-state index in [2.05, 4.69) is 0 Å². The largest absolute Gasteiger partial charge is 0.433 e. The molecule has 0 aliphatic heterocycles. The molecule has 3 N–H and O–H groups in total. The van der Waals surface area contributed by atoms with E-state index in [0.29, 0.717) is 10.0 Å². The van der Waals surface area contributed by atoms with Crippen molar-refractivity contribution in [1.82, 2.24) is 10.6 Å². The molecule has 0 aliphatic carbocycles. The molecule has 36 heavy (non-hydrogen) atoms. The minimum absolute atomic E-state index is 0.0206. The predicted molar refractivity (Wildman–Crippen MR) is 130 cm³/mol. The van der Waals surface area contributed by atoms with Crippen LogP contribution in [0.1, 0.15) is 20.7 Å². The van der Waals surface area contributed by atoms with Crippen LogP contribution in [-0.2, 0) is 0 Å². The maximum Gasteiger partial charge on any atom is 0.433 e. The fraction of sp³-hybridized carbons (Fsp3) is 0.222. The fourth-order valence-corrected chi connectivity index (χ4v) is 2.12. The van der Waals surface area contributed by atoms with Gasteiger partial charge in [-0.3, -0.25) is 9.59 Å². The second-order valence-electron chi connectivity index (χ2n) is 6.00. The van der Waals surface area contributed by atoms with Crippen molar-refractivity contribution in [2.75, 3.05) is 0 Å². The fourth-order valence-electron chi connectivity index (χ4n) is 1.77. The van der Waals surface area contributed by atoms with Crippen LogP contribution < -0.4 is 10.6 Å². The summed E-state index contributed by atoms with van der Waals surface area (Å²) >= 11 is 30.7. The maximum atomic E-state index is 12.0. The van der Waals surface area contributed by atoms with Crippen molar-refractivity contribution in [3.63, 3.8) is 0 Å². The molecular formula is C18H13Cl6F6N2O3P. The Labute approximate surface area is 231 Å². The zero-order valence-corrected chi connectivity index (χ0v) is 22.5. The van der Waals surface area contributed by atoms with Gasteiger partial charge < -0.3 is 15.7 Å². The first-order valence-electron chi connectivity index (χ1n) is 8.70. The van der Waals surface area contributed by atoms with Crippen LogP contribution in [0.15, 0.2) is 48.5 Å². The van der Waals surface area contributed by atoms with Gasteiger partial charge in [0.05, 0.1) is 0 Å². The molecule has 2 aromatic rings. The van der Waals surface area contributed by atoms with E-state index in [4.69, 9.17) is 73.6 Å². The van der Waals surface area contributed by atoms with Gasteiger partial charge in [-0.15, -0.1) is 0 Å². The Morgan fingerprint density at radius 3 is 1.31 bits per heavy atom. The third-order valence-corrected chi connectivity index (χ3v) is 4.20. The van der Waals surface area contributed by atoms with Crippen LogP contribution in [0.2, 0.25) is 10.0 Å². The Kier molecular flexibility index (Phi) is 15.7. The maximum absolute atomic E-state index is 12.0. The van der Waals surface area contributed by atoms with Crippen molar-refractivity contribution < 1.29 is 41.0 Å². The average Bonchev–Trinajstić information content (AvgIpc) is 2.73. The number of carbonyl (C=O) groups is 2. The van der Waals surface area contributed by atoms with Gasteiger partial charge in [0.15, 0.2) is 5.98 Å². The zero-order chi connectivity index (χ0) is 28.3. The zero-order valence-electron chi connectivity index (χ0n) is 17.0. The first-order valence-corrected chi connectivity index (χ1v) is 14.0. The van der Waals surface area contributed by atoms with E-state index in [1.165, 1.54) is 53.8 Å². The van der Waals surface area contributed by atoms with Gasteiger partial charge in [-0.05, 0) is 48.5 Å². The van der Waals surface area contributed by atoms with Gasteiger partial charge in [-0.2, -0.15) is 26.3 Å². The Morgan fingerprint density at radius 1 is 0.722 bits per heavy atom. The number of carbonyl (C=O) groups excluding carboxylic acids is 2. The summed E-state index contributed by atoms with van der Waals surface area (Å²) in [6, 6.07) is 10.6. The van der Waals surface area contributed by atoms with Crippen LogP contribution >= 0.6 is 74.5 Å². The normalized spacial score (nSPS) is 12.8.